The highest BCUT2D eigenvalue weighted by Gasteiger charge is 2.45. The molecule has 9 heteroatoms. The quantitative estimate of drug-likeness (QED) is 0.388. The Morgan fingerprint density at radius 2 is 1.97 bits per heavy atom. The first-order chi connectivity index (χ1) is 17.1. The van der Waals surface area contributed by atoms with Crippen molar-refractivity contribution in [2.45, 2.75) is 37.6 Å². The van der Waals surface area contributed by atoms with E-state index in [0.717, 1.165) is 41.6 Å². The molecule has 2 aliphatic carbocycles. The molecule has 3 N–H and O–H groups in total. The summed E-state index contributed by atoms with van der Waals surface area (Å²) in [6.45, 7) is 0.128. The van der Waals surface area contributed by atoms with Gasteiger partial charge < -0.3 is 10.6 Å². The number of carbonyl (C=O) groups is 1. The molecule has 2 fully saturated rings. The molecule has 174 valence electrons. The minimum Gasteiger partial charge on any atom is -0.349 e. The lowest BCUT2D eigenvalue weighted by atomic mass is 9.94. The fraction of sp³-hybridized carbons (Fsp3) is 0.308. The van der Waals surface area contributed by atoms with Crippen molar-refractivity contribution in [3.05, 3.63) is 60.2 Å². The van der Waals surface area contributed by atoms with E-state index in [2.05, 4.69) is 52.6 Å². The Morgan fingerprint density at radius 3 is 2.83 bits per heavy atom. The third-order valence-electron chi connectivity index (χ3n) is 6.87. The van der Waals surface area contributed by atoms with Gasteiger partial charge in [-0.25, -0.2) is 19.9 Å². The SMILES string of the molecule is O=C(CNc1nccc(-c2nccc(C#Cc3ccc4[nH]ncc4c3)n2)n1)NC12CCC(CC1)C2. The van der Waals surface area contributed by atoms with Crippen molar-refractivity contribution in [1.29, 1.82) is 0 Å². The van der Waals surface area contributed by atoms with Crippen LogP contribution in [0.2, 0.25) is 0 Å². The largest absolute Gasteiger partial charge is 0.349 e. The number of aromatic nitrogens is 6. The van der Waals surface area contributed by atoms with Crippen LogP contribution in [0.5, 0.6) is 0 Å². The molecular weight excluding hydrogens is 440 g/mol. The van der Waals surface area contributed by atoms with E-state index in [1.807, 2.05) is 18.2 Å². The number of anilines is 1. The summed E-state index contributed by atoms with van der Waals surface area (Å²) in [6.07, 6.45) is 10.8. The van der Waals surface area contributed by atoms with E-state index < -0.39 is 0 Å². The minimum atomic E-state index is -0.0244. The number of aromatic amines is 1. The number of hydrogen-bond acceptors (Lipinski definition) is 7. The van der Waals surface area contributed by atoms with Gasteiger partial charge in [0.25, 0.3) is 0 Å². The van der Waals surface area contributed by atoms with Crippen molar-refractivity contribution in [3.8, 4) is 23.4 Å². The molecule has 4 aromatic rings. The van der Waals surface area contributed by atoms with E-state index in [-0.39, 0.29) is 18.0 Å². The van der Waals surface area contributed by atoms with Gasteiger partial charge in [-0.15, -0.1) is 0 Å². The van der Waals surface area contributed by atoms with E-state index in [9.17, 15) is 4.79 Å². The first-order valence-corrected chi connectivity index (χ1v) is 11.8. The molecule has 6 rings (SSSR count). The van der Waals surface area contributed by atoms with Gasteiger partial charge in [0, 0.05) is 28.9 Å². The molecule has 1 amide bonds. The molecule has 2 aliphatic rings. The molecule has 3 aromatic heterocycles. The number of hydrogen-bond donors (Lipinski definition) is 3. The zero-order valence-electron chi connectivity index (χ0n) is 19.1. The number of benzene rings is 1. The zero-order chi connectivity index (χ0) is 23.7. The summed E-state index contributed by atoms with van der Waals surface area (Å²) >= 11 is 0. The lowest BCUT2D eigenvalue weighted by molar-refractivity contribution is -0.121. The summed E-state index contributed by atoms with van der Waals surface area (Å²) in [5, 5.41) is 14.2. The molecular formula is C26H24N8O. The van der Waals surface area contributed by atoms with E-state index in [1.165, 1.54) is 12.8 Å². The number of fused-ring (bicyclic) bond motifs is 3. The van der Waals surface area contributed by atoms with Crippen LogP contribution < -0.4 is 10.6 Å². The topological polar surface area (TPSA) is 121 Å². The molecule has 0 atom stereocenters. The van der Waals surface area contributed by atoms with Gasteiger partial charge >= 0.3 is 0 Å². The zero-order valence-corrected chi connectivity index (χ0v) is 19.1. The van der Waals surface area contributed by atoms with Gasteiger partial charge in [0.2, 0.25) is 11.9 Å². The molecule has 3 heterocycles. The van der Waals surface area contributed by atoms with Gasteiger partial charge in [-0.3, -0.25) is 9.89 Å². The van der Waals surface area contributed by atoms with Crippen LogP contribution in [0.3, 0.4) is 0 Å². The van der Waals surface area contributed by atoms with Gasteiger partial charge in [0.15, 0.2) is 5.82 Å². The molecule has 0 spiro atoms. The molecule has 0 radical (unpaired) electrons. The van der Waals surface area contributed by atoms with E-state index in [1.54, 1.807) is 30.7 Å². The average molecular weight is 465 g/mol. The molecule has 2 saturated carbocycles. The minimum absolute atomic E-state index is 0.00568. The highest BCUT2D eigenvalue weighted by Crippen LogP contribution is 2.47. The molecule has 0 unspecified atom stereocenters. The van der Waals surface area contributed by atoms with Crippen molar-refractivity contribution in [2.24, 2.45) is 5.92 Å². The monoisotopic (exact) mass is 464 g/mol. The molecule has 35 heavy (non-hydrogen) atoms. The first-order valence-electron chi connectivity index (χ1n) is 11.8. The number of H-pyrrole nitrogens is 1. The highest BCUT2D eigenvalue weighted by molar-refractivity contribution is 5.81. The van der Waals surface area contributed by atoms with E-state index in [4.69, 9.17) is 0 Å². The summed E-state index contributed by atoms with van der Waals surface area (Å²) in [5.41, 5.74) is 2.98. The van der Waals surface area contributed by atoms with Crippen molar-refractivity contribution < 1.29 is 4.79 Å². The van der Waals surface area contributed by atoms with Crippen molar-refractivity contribution >= 4 is 22.8 Å². The van der Waals surface area contributed by atoms with Gasteiger partial charge in [-0.1, -0.05) is 5.92 Å². The molecule has 1 aromatic carbocycles. The van der Waals surface area contributed by atoms with Crippen molar-refractivity contribution in [2.75, 3.05) is 11.9 Å². The summed E-state index contributed by atoms with van der Waals surface area (Å²) in [5.74, 6) is 7.78. The third kappa shape index (κ3) is 4.55. The standard InChI is InChI=1S/C26H24N8O/c35-23(33-26-9-5-18(14-26)6-10-26)16-29-25-28-12-8-22(32-25)24-27-11-7-20(31-24)3-1-17-2-4-21-19(13-17)15-30-34-21/h2,4,7-8,11-13,15,18H,5-6,9-10,14,16H2,(H,30,34)(H,33,35)(H,28,29,32). The Kier molecular flexibility index (Phi) is 5.34. The van der Waals surface area contributed by atoms with Crippen LogP contribution in [-0.4, -0.2) is 48.1 Å². The van der Waals surface area contributed by atoms with Crippen LogP contribution in [0.4, 0.5) is 5.95 Å². The Bertz CT molecular complexity index is 1460. The third-order valence-corrected chi connectivity index (χ3v) is 6.87. The molecule has 0 saturated heterocycles. The normalized spacial score (nSPS) is 20.4. The maximum atomic E-state index is 12.5. The number of amides is 1. The fourth-order valence-corrected chi connectivity index (χ4v) is 5.14. The van der Waals surface area contributed by atoms with Crippen LogP contribution >= 0.6 is 0 Å². The second-order valence-corrected chi connectivity index (χ2v) is 9.28. The Hall–Kier alpha value is -4.32. The van der Waals surface area contributed by atoms with Crippen LogP contribution in [0.15, 0.2) is 48.9 Å². The van der Waals surface area contributed by atoms with Gasteiger partial charge in [-0.05, 0) is 74.3 Å². The number of nitrogens with one attached hydrogen (secondary N) is 3. The van der Waals surface area contributed by atoms with Gasteiger partial charge in [-0.2, -0.15) is 5.10 Å². The smallest absolute Gasteiger partial charge is 0.239 e. The summed E-state index contributed by atoms with van der Waals surface area (Å²) in [7, 11) is 0. The lowest BCUT2D eigenvalue weighted by Crippen LogP contribution is -2.47. The van der Waals surface area contributed by atoms with Crippen LogP contribution in [0, 0.1) is 17.8 Å². The second kappa shape index (κ2) is 8.80. The lowest BCUT2D eigenvalue weighted by Gasteiger charge is -2.28. The number of rotatable bonds is 5. The summed E-state index contributed by atoms with van der Waals surface area (Å²) < 4.78 is 0. The first kappa shape index (κ1) is 21.2. The van der Waals surface area contributed by atoms with Gasteiger partial charge in [0.1, 0.15) is 11.4 Å². The Morgan fingerprint density at radius 1 is 1.09 bits per heavy atom. The molecule has 2 bridgehead atoms. The fourth-order valence-electron chi connectivity index (χ4n) is 5.14. The maximum Gasteiger partial charge on any atom is 0.239 e. The average Bonchev–Trinajstić information content (AvgIpc) is 3.62. The Labute approximate surface area is 202 Å². The number of nitrogens with zero attached hydrogens (tertiary/aromatic N) is 5. The van der Waals surface area contributed by atoms with Gasteiger partial charge in [0.05, 0.1) is 18.3 Å². The van der Waals surface area contributed by atoms with Crippen LogP contribution in [0.25, 0.3) is 22.4 Å². The molecule has 0 aliphatic heterocycles. The second-order valence-electron chi connectivity index (χ2n) is 9.28. The van der Waals surface area contributed by atoms with E-state index >= 15 is 0 Å². The molecule has 9 nitrogen and oxygen atoms in total. The van der Waals surface area contributed by atoms with E-state index in [0.29, 0.717) is 23.2 Å². The number of carbonyl (C=O) groups excluding carboxylic acids is 1. The predicted molar refractivity (Wildman–Crippen MR) is 131 cm³/mol. The summed E-state index contributed by atoms with van der Waals surface area (Å²) in [6, 6.07) is 9.36. The predicted octanol–water partition coefficient (Wildman–Crippen LogP) is 3.07. The van der Waals surface area contributed by atoms with Crippen molar-refractivity contribution in [3.63, 3.8) is 0 Å². The van der Waals surface area contributed by atoms with Crippen molar-refractivity contribution in [1.82, 2.24) is 35.5 Å². The van der Waals surface area contributed by atoms with Crippen LogP contribution in [-0.2, 0) is 4.79 Å². The summed E-state index contributed by atoms with van der Waals surface area (Å²) in [4.78, 5) is 30.1. The highest BCUT2D eigenvalue weighted by atomic mass is 16.2. The Balaban J connectivity index is 1.13. The maximum absolute atomic E-state index is 12.5. The van der Waals surface area contributed by atoms with Crippen LogP contribution in [0.1, 0.15) is 43.4 Å².